The van der Waals surface area contributed by atoms with E-state index in [1.54, 1.807) is 0 Å². The van der Waals surface area contributed by atoms with Gasteiger partial charge in [-0.2, -0.15) is 0 Å². The molecule has 0 nitrogen and oxygen atoms in total. The van der Waals surface area contributed by atoms with Gasteiger partial charge in [-0.3, -0.25) is 0 Å². The SMILES string of the molecule is CC1(C)c2cc(-c3ccc(-c4c5ccccc5c(-c5ccc6ccccc6c5)c5ccccc45)cc3)ccc2-c2cc3ccccc3cc21. The Kier molecular flexibility index (Phi) is 6.02. The van der Waals surface area contributed by atoms with E-state index >= 15 is 0 Å². The summed E-state index contributed by atoms with van der Waals surface area (Å²) in [6, 6.07) is 63.2. The van der Waals surface area contributed by atoms with Crippen LogP contribution in [-0.4, -0.2) is 0 Å². The third kappa shape index (κ3) is 4.24. The molecule has 0 fully saturated rings. The van der Waals surface area contributed by atoms with E-state index in [0.717, 1.165) is 0 Å². The monoisotopic (exact) mass is 622 g/mol. The molecule has 0 bridgehead atoms. The van der Waals surface area contributed by atoms with Crippen LogP contribution in [-0.2, 0) is 5.41 Å². The first-order valence-electron chi connectivity index (χ1n) is 17.3. The molecule has 0 atom stereocenters. The molecule has 49 heavy (non-hydrogen) atoms. The van der Waals surface area contributed by atoms with Gasteiger partial charge in [0.2, 0.25) is 0 Å². The molecular weight excluding hydrogens is 589 g/mol. The van der Waals surface area contributed by atoms with Gasteiger partial charge in [-0.1, -0.05) is 159 Å². The Bertz CT molecular complexity index is 2720. The molecule has 0 aromatic heterocycles. The Balaban J connectivity index is 1.10. The molecule has 9 aromatic carbocycles. The first-order chi connectivity index (χ1) is 24.0. The Morgan fingerprint density at radius 1 is 0.306 bits per heavy atom. The normalized spacial score (nSPS) is 13.3. The molecule has 9 aromatic rings. The molecule has 0 heterocycles. The highest BCUT2D eigenvalue weighted by molar-refractivity contribution is 6.21. The largest absolute Gasteiger partial charge is 0.0616 e. The second-order valence-electron chi connectivity index (χ2n) is 14.1. The van der Waals surface area contributed by atoms with E-state index in [0.29, 0.717) is 0 Å². The van der Waals surface area contributed by atoms with Gasteiger partial charge in [0.15, 0.2) is 0 Å². The van der Waals surface area contributed by atoms with Crippen molar-refractivity contribution in [3.05, 3.63) is 181 Å². The van der Waals surface area contributed by atoms with Crippen LogP contribution >= 0.6 is 0 Å². The van der Waals surface area contributed by atoms with Crippen molar-refractivity contribution >= 4 is 43.1 Å². The Hall–Kier alpha value is -5.98. The van der Waals surface area contributed by atoms with Crippen molar-refractivity contribution in [2.24, 2.45) is 0 Å². The van der Waals surface area contributed by atoms with Crippen molar-refractivity contribution in [2.45, 2.75) is 19.3 Å². The summed E-state index contributed by atoms with van der Waals surface area (Å²) in [5.41, 5.74) is 13.1. The molecule has 230 valence electrons. The molecule has 0 N–H and O–H groups in total. The first-order valence-corrected chi connectivity index (χ1v) is 17.3. The summed E-state index contributed by atoms with van der Waals surface area (Å²) < 4.78 is 0. The van der Waals surface area contributed by atoms with Crippen LogP contribution in [0.2, 0.25) is 0 Å². The molecule has 0 spiro atoms. The van der Waals surface area contributed by atoms with Gasteiger partial charge in [-0.25, -0.2) is 0 Å². The Morgan fingerprint density at radius 3 is 1.39 bits per heavy atom. The number of benzene rings is 9. The first kappa shape index (κ1) is 28.1. The summed E-state index contributed by atoms with van der Waals surface area (Å²) >= 11 is 0. The average Bonchev–Trinajstić information content (AvgIpc) is 3.37. The molecule has 0 unspecified atom stereocenters. The highest BCUT2D eigenvalue weighted by atomic mass is 14.4. The standard InChI is InChI=1S/C49H34/c1-49(2)45-30-37(25-26-39(45)44-28-35-13-5-6-14-36(35)29-46(44)49)32-19-22-33(23-20-32)47-40-15-7-9-17-42(40)48(43-18-10-8-16-41(43)47)38-24-21-31-11-3-4-12-34(31)27-38/h3-30H,1-2H3. The van der Waals surface area contributed by atoms with Crippen LogP contribution in [0.25, 0.3) is 87.6 Å². The molecule has 0 amide bonds. The molecule has 1 aliphatic rings. The van der Waals surface area contributed by atoms with Crippen LogP contribution in [0.3, 0.4) is 0 Å². The van der Waals surface area contributed by atoms with Crippen molar-refractivity contribution in [1.82, 2.24) is 0 Å². The molecular formula is C49H34. The van der Waals surface area contributed by atoms with E-state index in [1.807, 2.05) is 0 Å². The van der Waals surface area contributed by atoms with Crippen molar-refractivity contribution in [1.29, 1.82) is 0 Å². The van der Waals surface area contributed by atoms with Gasteiger partial charge in [-0.05, 0) is 123 Å². The van der Waals surface area contributed by atoms with Gasteiger partial charge in [0.1, 0.15) is 0 Å². The van der Waals surface area contributed by atoms with Crippen LogP contribution < -0.4 is 0 Å². The number of hydrogen-bond acceptors (Lipinski definition) is 0. The van der Waals surface area contributed by atoms with E-state index in [4.69, 9.17) is 0 Å². The Labute approximate surface area is 286 Å². The maximum Gasteiger partial charge on any atom is 0.0159 e. The maximum absolute atomic E-state index is 2.43. The fourth-order valence-electron chi connectivity index (χ4n) is 8.53. The van der Waals surface area contributed by atoms with E-state index in [9.17, 15) is 0 Å². The minimum Gasteiger partial charge on any atom is -0.0616 e. The van der Waals surface area contributed by atoms with E-state index in [-0.39, 0.29) is 5.41 Å². The summed E-state index contributed by atoms with van der Waals surface area (Å²) in [6.07, 6.45) is 0. The minimum atomic E-state index is -0.0603. The molecule has 1 aliphatic carbocycles. The van der Waals surface area contributed by atoms with Gasteiger partial charge in [-0.15, -0.1) is 0 Å². The van der Waals surface area contributed by atoms with E-state index in [2.05, 4.69) is 184 Å². The molecule has 0 saturated heterocycles. The summed E-state index contributed by atoms with van der Waals surface area (Å²) in [7, 11) is 0. The molecule has 0 heteroatoms. The van der Waals surface area contributed by atoms with Gasteiger partial charge < -0.3 is 0 Å². The van der Waals surface area contributed by atoms with Crippen LogP contribution in [0.1, 0.15) is 25.0 Å². The topological polar surface area (TPSA) is 0 Å². The summed E-state index contributed by atoms with van der Waals surface area (Å²) in [6.45, 7) is 4.74. The van der Waals surface area contributed by atoms with Gasteiger partial charge in [0.25, 0.3) is 0 Å². The zero-order valence-electron chi connectivity index (χ0n) is 27.7. The molecule has 0 aliphatic heterocycles. The quantitative estimate of drug-likeness (QED) is 0.172. The predicted octanol–water partition coefficient (Wildman–Crippen LogP) is 13.6. The minimum absolute atomic E-state index is 0.0603. The van der Waals surface area contributed by atoms with Crippen LogP contribution in [0.5, 0.6) is 0 Å². The molecule has 0 radical (unpaired) electrons. The van der Waals surface area contributed by atoms with Crippen molar-refractivity contribution in [3.8, 4) is 44.5 Å². The second kappa shape index (κ2) is 10.5. The van der Waals surface area contributed by atoms with Crippen molar-refractivity contribution in [2.75, 3.05) is 0 Å². The highest BCUT2D eigenvalue weighted by Gasteiger charge is 2.36. The lowest BCUT2D eigenvalue weighted by Crippen LogP contribution is -2.15. The fraction of sp³-hybridized carbons (Fsp3) is 0.0612. The average molecular weight is 623 g/mol. The third-order valence-electron chi connectivity index (χ3n) is 11.0. The predicted molar refractivity (Wildman–Crippen MR) is 210 cm³/mol. The van der Waals surface area contributed by atoms with Gasteiger partial charge >= 0.3 is 0 Å². The van der Waals surface area contributed by atoms with Gasteiger partial charge in [0, 0.05) is 5.41 Å². The summed E-state index contributed by atoms with van der Waals surface area (Å²) in [5, 5.41) is 10.3. The highest BCUT2D eigenvalue weighted by Crippen LogP contribution is 2.51. The molecule has 10 rings (SSSR count). The lowest BCUT2D eigenvalue weighted by atomic mass is 9.81. The second-order valence-corrected chi connectivity index (χ2v) is 14.1. The third-order valence-corrected chi connectivity index (χ3v) is 11.0. The number of hydrogen-bond donors (Lipinski definition) is 0. The molecule has 0 saturated carbocycles. The maximum atomic E-state index is 2.43. The van der Waals surface area contributed by atoms with Gasteiger partial charge in [0.05, 0.1) is 0 Å². The van der Waals surface area contributed by atoms with E-state index < -0.39 is 0 Å². The Morgan fingerprint density at radius 2 is 0.755 bits per heavy atom. The van der Waals surface area contributed by atoms with Crippen molar-refractivity contribution in [3.63, 3.8) is 0 Å². The number of fused-ring (bicyclic) bond motifs is 7. The lowest BCUT2D eigenvalue weighted by Gasteiger charge is -2.22. The summed E-state index contributed by atoms with van der Waals surface area (Å²) in [4.78, 5) is 0. The fourth-order valence-corrected chi connectivity index (χ4v) is 8.53. The zero-order valence-corrected chi connectivity index (χ0v) is 27.7. The number of rotatable bonds is 3. The van der Waals surface area contributed by atoms with E-state index in [1.165, 1.54) is 98.7 Å². The van der Waals surface area contributed by atoms with Crippen LogP contribution in [0.4, 0.5) is 0 Å². The van der Waals surface area contributed by atoms with Crippen molar-refractivity contribution < 1.29 is 0 Å². The van der Waals surface area contributed by atoms with Crippen LogP contribution in [0, 0.1) is 0 Å². The lowest BCUT2D eigenvalue weighted by molar-refractivity contribution is 0.661. The van der Waals surface area contributed by atoms with Crippen LogP contribution in [0.15, 0.2) is 170 Å². The smallest absolute Gasteiger partial charge is 0.0159 e. The zero-order chi connectivity index (χ0) is 32.7. The summed E-state index contributed by atoms with van der Waals surface area (Å²) in [5.74, 6) is 0.